The SMILES string of the molecule is COc1cccc(-c2csc(N3CCN(S(=O)(=O)c4ccc(Cl)c(Cl)c4)CC3)n2)c1.O=S(=O)(c1ccc(Cl)c(Cl)c1)N1CCN(c2nc(-c3cccc(Br)c3)cs2)CC1. The number of methoxy groups -OCH3 is 1. The number of hydrogen-bond acceptors (Lipinski definition) is 11. The molecular formula is C39H35BrCl4N6O5S4. The summed E-state index contributed by atoms with van der Waals surface area (Å²) in [5.41, 5.74) is 3.82. The van der Waals surface area contributed by atoms with E-state index in [4.69, 9.17) is 61.1 Å². The van der Waals surface area contributed by atoms with E-state index < -0.39 is 20.0 Å². The Morgan fingerprint density at radius 1 is 0.576 bits per heavy atom. The van der Waals surface area contributed by atoms with Crippen LogP contribution >= 0.6 is 85.0 Å². The number of nitrogens with zero attached hydrogens (tertiary/aromatic N) is 6. The summed E-state index contributed by atoms with van der Waals surface area (Å²) in [6.45, 7) is 3.78. The molecule has 11 nitrogen and oxygen atoms in total. The van der Waals surface area contributed by atoms with Crippen molar-refractivity contribution >= 4 is 115 Å². The predicted molar refractivity (Wildman–Crippen MR) is 244 cm³/mol. The second-order valence-electron chi connectivity index (χ2n) is 13.2. The molecule has 6 aromatic rings. The van der Waals surface area contributed by atoms with Crippen molar-refractivity contribution in [2.45, 2.75) is 9.79 Å². The average Bonchev–Trinajstić information content (AvgIpc) is 3.95. The number of hydrogen-bond donors (Lipinski definition) is 0. The highest BCUT2D eigenvalue weighted by Gasteiger charge is 2.31. The van der Waals surface area contributed by atoms with Gasteiger partial charge in [0.05, 0.1) is 48.4 Å². The molecule has 2 aliphatic heterocycles. The van der Waals surface area contributed by atoms with E-state index in [2.05, 4.69) is 25.7 Å². The standard InChI is InChI=1S/C20H19Cl2N3O3S2.C19H16BrCl2N3O2S2/c1-28-15-4-2-3-14(11-15)19-13-29-20(23-19)24-7-9-25(10-8-24)30(26,27)16-5-6-17(21)18(22)12-16;20-14-3-1-2-13(10-14)18-12-28-19(23-18)24-6-8-25(9-7-24)29(26,27)15-4-5-16(21)17(22)11-15/h2-6,11-13H,7-10H2,1H3;1-5,10-12H,6-9H2. The predicted octanol–water partition coefficient (Wildman–Crippen LogP) is 10.0. The van der Waals surface area contributed by atoms with Crippen LogP contribution in [0.3, 0.4) is 0 Å². The van der Waals surface area contributed by atoms with Crippen LogP contribution in [0.1, 0.15) is 0 Å². The molecule has 2 aromatic heterocycles. The maximum atomic E-state index is 12.9. The molecule has 0 radical (unpaired) electrons. The van der Waals surface area contributed by atoms with Crippen molar-refractivity contribution in [3.63, 3.8) is 0 Å². The molecule has 59 heavy (non-hydrogen) atoms. The van der Waals surface area contributed by atoms with Crippen LogP contribution in [0.25, 0.3) is 22.5 Å². The monoisotopic (exact) mass is 1010 g/mol. The van der Waals surface area contributed by atoms with Gasteiger partial charge in [0.1, 0.15) is 5.75 Å². The summed E-state index contributed by atoms with van der Waals surface area (Å²) >= 11 is 30.4. The van der Waals surface area contributed by atoms with Crippen LogP contribution in [0.2, 0.25) is 20.1 Å². The van der Waals surface area contributed by atoms with Gasteiger partial charge in [0.2, 0.25) is 20.0 Å². The molecule has 4 heterocycles. The number of piperazine rings is 2. The molecular weight excluding hydrogens is 982 g/mol. The maximum absolute atomic E-state index is 12.9. The van der Waals surface area contributed by atoms with E-state index in [9.17, 15) is 16.8 Å². The van der Waals surface area contributed by atoms with Gasteiger partial charge in [-0.1, -0.05) is 86.6 Å². The zero-order valence-corrected chi connectivity index (χ0v) is 39.0. The molecule has 310 valence electrons. The van der Waals surface area contributed by atoms with Crippen molar-refractivity contribution < 1.29 is 21.6 Å². The number of anilines is 2. The average molecular weight is 1020 g/mol. The van der Waals surface area contributed by atoms with Gasteiger partial charge >= 0.3 is 0 Å². The van der Waals surface area contributed by atoms with Crippen LogP contribution < -0.4 is 14.5 Å². The molecule has 2 fully saturated rings. The van der Waals surface area contributed by atoms with Gasteiger partial charge in [-0.3, -0.25) is 0 Å². The third-order valence-electron chi connectivity index (χ3n) is 9.55. The van der Waals surface area contributed by atoms with Crippen molar-refractivity contribution in [1.29, 1.82) is 0 Å². The summed E-state index contributed by atoms with van der Waals surface area (Å²) in [7, 11) is -5.59. The fraction of sp³-hybridized carbons (Fsp3) is 0.231. The molecule has 2 saturated heterocycles. The number of aromatic nitrogens is 2. The van der Waals surface area contributed by atoms with Crippen LogP contribution in [0, 0.1) is 0 Å². The fourth-order valence-electron chi connectivity index (χ4n) is 6.33. The smallest absolute Gasteiger partial charge is 0.243 e. The fourth-order valence-corrected chi connectivity index (χ4v) is 12.1. The molecule has 2 aliphatic rings. The minimum atomic E-state index is -3.62. The minimum Gasteiger partial charge on any atom is -0.497 e. The topological polar surface area (TPSA) is 116 Å². The van der Waals surface area contributed by atoms with E-state index >= 15 is 0 Å². The van der Waals surface area contributed by atoms with Crippen molar-refractivity contribution in [2.24, 2.45) is 0 Å². The Kier molecular flexibility index (Phi) is 14.2. The Morgan fingerprint density at radius 2 is 1.02 bits per heavy atom. The number of thiazole rings is 2. The Bertz CT molecular complexity index is 2670. The first-order valence-corrected chi connectivity index (χ1v) is 24.9. The highest BCUT2D eigenvalue weighted by Crippen LogP contribution is 2.33. The summed E-state index contributed by atoms with van der Waals surface area (Å²) in [5.74, 6) is 0.781. The zero-order chi connectivity index (χ0) is 41.9. The van der Waals surface area contributed by atoms with Crippen molar-refractivity contribution in [1.82, 2.24) is 18.6 Å². The van der Waals surface area contributed by atoms with Crippen LogP contribution in [0.5, 0.6) is 5.75 Å². The second-order valence-corrected chi connectivity index (χ2v) is 21.3. The number of ether oxygens (including phenoxy) is 1. The van der Waals surface area contributed by atoms with Crippen molar-refractivity contribution in [3.8, 4) is 28.3 Å². The number of rotatable bonds is 9. The Hall–Kier alpha value is -3.00. The second kappa shape index (κ2) is 18.9. The van der Waals surface area contributed by atoms with Crippen LogP contribution in [0.15, 0.2) is 110 Å². The van der Waals surface area contributed by atoms with Gasteiger partial charge in [-0.15, -0.1) is 22.7 Å². The van der Waals surface area contributed by atoms with Gasteiger partial charge in [-0.25, -0.2) is 26.8 Å². The lowest BCUT2D eigenvalue weighted by Crippen LogP contribution is -2.48. The molecule has 8 rings (SSSR count). The van der Waals surface area contributed by atoms with Crippen LogP contribution in [-0.4, -0.2) is 94.9 Å². The molecule has 0 N–H and O–H groups in total. The van der Waals surface area contributed by atoms with E-state index in [1.807, 2.05) is 59.3 Å². The van der Waals surface area contributed by atoms with Gasteiger partial charge < -0.3 is 14.5 Å². The van der Waals surface area contributed by atoms with Gasteiger partial charge in [0.25, 0.3) is 0 Å². The third-order valence-corrected chi connectivity index (χ3v) is 17.1. The zero-order valence-electron chi connectivity index (χ0n) is 31.1. The van der Waals surface area contributed by atoms with Gasteiger partial charge in [0, 0.05) is 78.7 Å². The highest BCUT2D eigenvalue weighted by atomic mass is 79.9. The molecule has 4 aromatic carbocycles. The summed E-state index contributed by atoms with van der Waals surface area (Å²) in [6.07, 6.45) is 0. The first-order valence-electron chi connectivity index (χ1n) is 17.9. The van der Waals surface area contributed by atoms with Crippen LogP contribution in [0.4, 0.5) is 10.3 Å². The van der Waals surface area contributed by atoms with Gasteiger partial charge in [-0.2, -0.15) is 8.61 Å². The summed E-state index contributed by atoms with van der Waals surface area (Å²) in [6, 6.07) is 24.5. The van der Waals surface area contributed by atoms with Crippen molar-refractivity contribution in [2.75, 3.05) is 69.3 Å². The lowest BCUT2D eigenvalue weighted by molar-refractivity contribution is 0.384. The first-order chi connectivity index (χ1) is 28.2. The normalized spacial score (nSPS) is 15.5. The third kappa shape index (κ3) is 10.2. The Balaban J connectivity index is 0.000000179. The number of halogens is 5. The van der Waals surface area contributed by atoms with E-state index in [-0.39, 0.29) is 19.8 Å². The van der Waals surface area contributed by atoms with Crippen molar-refractivity contribution in [3.05, 3.63) is 120 Å². The van der Waals surface area contributed by atoms with E-state index in [0.29, 0.717) is 62.4 Å². The summed E-state index contributed by atoms with van der Waals surface area (Å²) < 4.78 is 60.9. The van der Waals surface area contributed by atoms with Gasteiger partial charge in [0.15, 0.2) is 10.3 Å². The molecule has 0 bridgehead atoms. The molecule has 0 aliphatic carbocycles. The van der Waals surface area contributed by atoms with E-state index in [1.165, 1.54) is 45.0 Å². The van der Waals surface area contributed by atoms with Crippen LogP contribution in [-0.2, 0) is 20.0 Å². The minimum absolute atomic E-state index is 0.153. The van der Waals surface area contributed by atoms with E-state index in [1.54, 1.807) is 29.8 Å². The molecule has 20 heteroatoms. The largest absolute Gasteiger partial charge is 0.497 e. The summed E-state index contributed by atoms with van der Waals surface area (Å²) in [4.78, 5) is 14.0. The summed E-state index contributed by atoms with van der Waals surface area (Å²) in [5, 5.41) is 6.92. The molecule has 0 amide bonds. The van der Waals surface area contributed by atoms with Gasteiger partial charge in [-0.05, 0) is 60.7 Å². The lowest BCUT2D eigenvalue weighted by Gasteiger charge is -2.33. The Labute approximate surface area is 379 Å². The molecule has 0 atom stereocenters. The highest BCUT2D eigenvalue weighted by molar-refractivity contribution is 9.10. The quantitative estimate of drug-likeness (QED) is 0.140. The lowest BCUT2D eigenvalue weighted by atomic mass is 10.2. The maximum Gasteiger partial charge on any atom is 0.243 e. The van der Waals surface area contributed by atoms with E-state index in [0.717, 1.165) is 43.0 Å². The number of sulfonamides is 2. The molecule has 0 unspecified atom stereocenters. The number of benzene rings is 4. The first kappa shape index (κ1) is 44.1. The Morgan fingerprint density at radius 3 is 1.44 bits per heavy atom. The molecule has 0 saturated carbocycles. The molecule has 0 spiro atoms.